The molecule has 17 heavy (non-hydrogen) atoms. The number of hydrogen-bond donors (Lipinski definition) is 1. The van der Waals surface area contributed by atoms with E-state index in [0.29, 0.717) is 6.04 Å². The first-order chi connectivity index (χ1) is 8.19. The van der Waals surface area contributed by atoms with Crippen LogP contribution in [-0.2, 0) is 0 Å². The molecule has 3 aliphatic rings. The van der Waals surface area contributed by atoms with Gasteiger partial charge in [0.05, 0.1) is 5.60 Å². The maximum absolute atomic E-state index is 10.9. The summed E-state index contributed by atoms with van der Waals surface area (Å²) < 4.78 is 0. The summed E-state index contributed by atoms with van der Waals surface area (Å²) >= 11 is 0. The summed E-state index contributed by atoms with van der Waals surface area (Å²) in [4.78, 5) is 2.55. The summed E-state index contributed by atoms with van der Waals surface area (Å²) in [6, 6.07) is 1.35. The second-order valence-corrected chi connectivity index (χ2v) is 6.32. The number of rotatable bonds is 2. The van der Waals surface area contributed by atoms with Gasteiger partial charge in [0.2, 0.25) is 0 Å². The second-order valence-electron chi connectivity index (χ2n) is 6.32. The fourth-order valence-electron chi connectivity index (χ4n) is 3.69. The third-order valence-corrected chi connectivity index (χ3v) is 4.80. The third-order valence-electron chi connectivity index (χ3n) is 4.80. The smallest absolute Gasteiger partial charge is 0.0998 e. The third kappa shape index (κ3) is 2.30. The molecule has 96 valence electrons. The molecule has 0 aromatic heterocycles. The van der Waals surface area contributed by atoms with Gasteiger partial charge in [-0.2, -0.15) is 0 Å². The maximum Gasteiger partial charge on any atom is 0.0998 e. The van der Waals surface area contributed by atoms with Gasteiger partial charge in [-0.15, -0.1) is 0 Å². The Hall–Kier alpha value is -0.340. The predicted molar refractivity (Wildman–Crippen MR) is 69.9 cm³/mol. The molecule has 1 saturated heterocycles. The highest BCUT2D eigenvalue weighted by Gasteiger charge is 2.47. The molecular formula is C15H25NO. The Balaban J connectivity index is 1.74. The molecule has 0 bridgehead atoms. The highest BCUT2D eigenvalue weighted by atomic mass is 16.3. The van der Waals surface area contributed by atoms with Gasteiger partial charge in [0.25, 0.3) is 0 Å². The van der Waals surface area contributed by atoms with Crippen LogP contribution in [-0.4, -0.2) is 34.2 Å². The van der Waals surface area contributed by atoms with Crippen LogP contribution >= 0.6 is 0 Å². The van der Waals surface area contributed by atoms with Crippen molar-refractivity contribution in [1.29, 1.82) is 0 Å². The van der Waals surface area contributed by atoms with Crippen molar-refractivity contribution in [2.75, 3.05) is 6.54 Å². The van der Waals surface area contributed by atoms with Crippen LogP contribution in [0.15, 0.2) is 11.6 Å². The molecule has 0 aromatic carbocycles. The maximum atomic E-state index is 10.9. The molecule has 1 N–H and O–H groups in total. The number of likely N-dealkylation sites (tertiary alicyclic amines) is 1. The summed E-state index contributed by atoms with van der Waals surface area (Å²) in [5.74, 6) is 0. The Kier molecular flexibility index (Phi) is 3.04. The van der Waals surface area contributed by atoms with Crippen LogP contribution in [0.4, 0.5) is 0 Å². The Morgan fingerprint density at radius 2 is 2.12 bits per heavy atom. The first-order valence-electron chi connectivity index (χ1n) is 7.37. The van der Waals surface area contributed by atoms with Gasteiger partial charge in [-0.25, -0.2) is 0 Å². The SMILES string of the molecule is CC1CC(O)(C2=CCCCCC2)CN1C1CC1. The largest absolute Gasteiger partial charge is 0.384 e. The monoisotopic (exact) mass is 235 g/mol. The standard InChI is InChI=1S/C15H25NO/c1-12-10-15(17,11-16(12)14-8-9-14)13-6-4-2-3-5-7-13/h6,12,14,17H,2-5,7-11H2,1H3. The molecular weight excluding hydrogens is 210 g/mol. The molecule has 1 aliphatic heterocycles. The summed E-state index contributed by atoms with van der Waals surface area (Å²) in [6.07, 6.45) is 12.2. The van der Waals surface area contributed by atoms with E-state index in [2.05, 4.69) is 17.9 Å². The topological polar surface area (TPSA) is 23.5 Å². The van der Waals surface area contributed by atoms with E-state index >= 15 is 0 Å². The van der Waals surface area contributed by atoms with Gasteiger partial charge < -0.3 is 5.11 Å². The Morgan fingerprint density at radius 3 is 2.88 bits per heavy atom. The first-order valence-corrected chi connectivity index (χ1v) is 7.37. The number of β-amino-alcohol motifs (C(OH)–C–C–N with tert-alkyl or cyclic N) is 1. The lowest BCUT2D eigenvalue weighted by atomic mass is 9.88. The van der Waals surface area contributed by atoms with Crippen molar-refractivity contribution in [2.24, 2.45) is 0 Å². The lowest BCUT2D eigenvalue weighted by Gasteiger charge is -2.26. The summed E-state index contributed by atoms with van der Waals surface area (Å²) in [7, 11) is 0. The molecule has 1 saturated carbocycles. The Bertz CT molecular complexity index is 321. The van der Waals surface area contributed by atoms with Crippen molar-refractivity contribution < 1.29 is 5.11 Å². The fraction of sp³-hybridized carbons (Fsp3) is 0.867. The van der Waals surface area contributed by atoms with Crippen molar-refractivity contribution in [2.45, 2.75) is 76.0 Å². The number of aliphatic hydroxyl groups is 1. The minimum atomic E-state index is -0.494. The van der Waals surface area contributed by atoms with Gasteiger partial charge in [0.15, 0.2) is 0 Å². The van der Waals surface area contributed by atoms with Gasteiger partial charge in [0, 0.05) is 18.6 Å². The molecule has 2 aliphatic carbocycles. The lowest BCUT2D eigenvalue weighted by molar-refractivity contribution is 0.0812. The molecule has 2 atom stereocenters. The molecule has 1 heterocycles. The fourth-order valence-corrected chi connectivity index (χ4v) is 3.69. The van der Waals surface area contributed by atoms with Gasteiger partial charge in [0.1, 0.15) is 0 Å². The molecule has 2 heteroatoms. The van der Waals surface area contributed by atoms with Crippen LogP contribution in [0.1, 0.15) is 58.3 Å². The van der Waals surface area contributed by atoms with Crippen LogP contribution in [0.3, 0.4) is 0 Å². The van der Waals surface area contributed by atoms with Gasteiger partial charge in [-0.05, 0) is 57.4 Å². The molecule has 0 spiro atoms. The molecule has 0 radical (unpaired) electrons. The van der Waals surface area contributed by atoms with E-state index in [1.54, 1.807) is 0 Å². The van der Waals surface area contributed by atoms with Gasteiger partial charge in [-0.3, -0.25) is 4.90 Å². The molecule has 0 aromatic rings. The van der Waals surface area contributed by atoms with Crippen molar-refractivity contribution in [3.63, 3.8) is 0 Å². The van der Waals surface area contributed by atoms with Crippen LogP contribution in [0, 0.1) is 0 Å². The normalized spacial score (nSPS) is 40.1. The van der Waals surface area contributed by atoms with Crippen molar-refractivity contribution in [3.8, 4) is 0 Å². The van der Waals surface area contributed by atoms with E-state index in [9.17, 15) is 5.11 Å². The zero-order valence-corrected chi connectivity index (χ0v) is 11.0. The quantitative estimate of drug-likeness (QED) is 0.744. The van der Waals surface area contributed by atoms with E-state index in [-0.39, 0.29) is 0 Å². The van der Waals surface area contributed by atoms with E-state index in [1.807, 2.05) is 0 Å². The zero-order chi connectivity index (χ0) is 11.9. The molecule has 3 rings (SSSR count). The summed E-state index contributed by atoms with van der Waals surface area (Å²) in [5, 5.41) is 10.9. The average Bonchev–Trinajstić information content (AvgIpc) is 3.10. The molecule has 2 unspecified atom stereocenters. The summed E-state index contributed by atoms with van der Waals surface area (Å²) in [6.45, 7) is 3.18. The minimum Gasteiger partial charge on any atom is -0.384 e. The van der Waals surface area contributed by atoms with E-state index in [0.717, 1.165) is 25.4 Å². The van der Waals surface area contributed by atoms with Crippen LogP contribution in [0.25, 0.3) is 0 Å². The van der Waals surface area contributed by atoms with E-state index < -0.39 is 5.60 Å². The number of nitrogens with zero attached hydrogens (tertiary/aromatic N) is 1. The molecule has 0 amide bonds. The number of hydrogen-bond acceptors (Lipinski definition) is 2. The Labute approximate surface area is 105 Å². The first kappa shape index (κ1) is 11.7. The summed E-state index contributed by atoms with van der Waals surface area (Å²) in [5.41, 5.74) is 0.858. The predicted octanol–water partition coefficient (Wildman–Crippen LogP) is 2.86. The van der Waals surface area contributed by atoms with Crippen molar-refractivity contribution in [3.05, 3.63) is 11.6 Å². The van der Waals surface area contributed by atoms with E-state index in [1.165, 1.54) is 44.1 Å². The van der Waals surface area contributed by atoms with Crippen LogP contribution < -0.4 is 0 Å². The highest BCUT2D eigenvalue weighted by molar-refractivity contribution is 5.22. The van der Waals surface area contributed by atoms with Gasteiger partial charge >= 0.3 is 0 Å². The van der Waals surface area contributed by atoms with Crippen LogP contribution in [0.2, 0.25) is 0 Å². The van der Waals surface area contributed by atoms with Crippen molar-refractivity contribution in [1.82, 2.24) is 4.90 Å². The Morgan fingerprint density at radius 1 is 1.29 bits per heavy atom. The van der Waals surface area contributed by atoms with Crippen molar-refractivity contribution >= 4 is 0 Å². The molecule has 2 fully saturated rings. The second kappa shape index (κ2) is 4.40. The number of allylic oxidation sites excluding steroid dienone is 1. The van der Waals surface area contributed by atoms with Gasteiger partial charge in [-0.1, -0.05) is 12.5 Å². The molecule has 2 nitrogen and oxygen atoms in total. The van der Waals surface area contributed by atoms with E-state index in [4.69, 9.17) is 0 Å². The zero-order valence-electron chi connectivity index (χ0n) is 11.0. The lowest BCUT2D eigenvalue weighted by Crippen LogP contribution is -2.36. The van der Waals surface area contributed by atoms with Crippen LogP contribution in [0.5, 0.6) is 0 Å². The highest BCUT2D eigenvalue weighted by Crippen LogP contribution is 2.41. The average molecular weight is 235 g/mol. The minimum absolute atomic E-state index is 0.494.